The van der Waals surface area contributed by atoms with Gasteiger partial charge >= 0.3 is 13.6 Å². The van der Waals surface area contributed by atoms with Crippen molar-refractivity contribution < 1.29 is 32.4 Å². The van der Waals surface area contributed by atoms with Crippen molar-refractivity contribution in [1.29, 1.82) is 0 Å². The zero-order chi connectivity index (χ0) is 20.8. The van der Waals surface area contributed by atoms with E-state index >= 15 is 0 Å². The topological polar surface area (TPSA) is 88.1 Å². The van der Waals surface area contributed by atoms with Crippen LogP contribution in [0, 0.1) is 11.8 Å². The molecule has 0 N–H and O–H groups in total. The molecule has 0 aliphatic carbocycles. The van der Waals surface area contributed by atoms with Gasteiger partial charge in [-0.2, -0.15) is 0 Å². The van der Waals surface area contributed by atoms with E-state index in [9.17, 15) is 14.2 Å². The first-order valence-electron chi connectivity index (χ1n) is 8.67. The molecule has 2 atom stereocenters. The molecule has 0 rings (SSSR count). The molecule has 0 aromatic rings. The summed E-state index contributed by atoms with van der Waals surface area (Å²) >= 11 is 0. The van der Waals surface area contributed by atoms with Crippen LogP contribution in [0.2, 0.25) is 18.1 Å². The van der Waals surface area contributed by atoms with Crippen molar-refractivity contribution in [2.24, 2.45) is 11.8 Å². The highest BCUT2D eigenvalue weighted by Gasteiger charge is 2.41. The van der Waals surface area contributed by atoms with Crippen molar-refractivity contribution in [2.45, 2.75) is 52.2 Å². The van der Waals surface area contributed by atoms with Crippen molar-refractivity contribution in [3.05, 3.63) is 0 Å². The largest absolute Gasteiger partial charge is 0.468 e. The van der Waals surface area contributed by atoms with Gasteiger partial charge in [-0.1, -0.05) is 20.8 Å². The first-order valence-corrected chi connectivity index (χ1v) is 13.3. The van der Waals surface area contributed by atoms with E-state index in [1.807, 2.05) is 0 Å². The highest BCUT2D eigenvalue weighted by Crippen LogP contribution is 2.48. The minimum atomic E-state index is -3.25. The van der Waals surface area contributed by atoms with Crippen LogP contribution in [0.15, 0.2) is 0 Å². The molecule has 2 unspecified atom stereocenters. The molecule has 0 amide bonds. The van der Waals surface area contributed by atoms with Crippen LogP contribution < -0.4 is 0 Å². The third kappa shape index (κ3) is 7.23. The Bertz CT molecular complexity index is 520. The van der Waals surface area contributed by atoms with Crippen molar-refractivity contribution in [2.75, 3.05) is 34.1 Å². The normalized spacial score (nSPS) is 15.4. The second-order valence-corrected chi connectivity index (χ2v) is 15.1. The zero-order valence-corrected chi connectivity index (χ0v) is 19.5. The Balaban J connectivity index is 5.49. The minimum absolute atomic E-state index is 0.0110. The van der Waals surface area contributed by atoms with Crippen LogP contribution in [0.3, 0.4) is 0 Å². The summed E-state index contributed by atoms with van der Waals surface area (Å²) in [6.07, 6.45) is 0.374. The fourth-order valence-corrected chi connectivity index (χ4v) is 4.50. The van der Waals surface area contributed by atoms with E-state index in [2.05, 4.69) is 33.9 Å². The molecule has 0 heterocycles. The van der Waals surface area contributed by atoms with E-state index in [4.69, 9.17) is 18.2 Å². The quantitative estimate of drug-likeness (QED) is 0.221. The average Bonchev–Trinajstić information content (AvgIpc) is 2.55. The molecular weight excluding hydrogens is 375 g/mol. The fraction of sp³-hybridized carbons (Fsp3) is 0.882. The molecule has 0 aromatic carbocycles. The summed E-state index contributed by atoms with van der Waals surface area (Å²) in [5, 5.41) is -0.0110. The van der Waals surface area contributed by atoms with E-state index in [1.54, 1.807) is 0 Å². The summed E-state index contributed by atoms with van der Waals surface area (Å²) in [6, 6.07) is 0. The molecule has 0 saturated heterocycles. The number of carbonyl (C=O) groups excluding carboxylic acids is 2. The average molecular weight is 411 g/mol. The molecule has 0 bridgehead atoms. The van der Waals surface area contributed by atoms with Crippen LogP contribution in [0.1, 0.15) is 34.1 Å². The van der Waals surface area contributed by atoms with Crippen LogP contribution in [0.5, 0.6) is 0 Å². The Hall–Kier alpha value is -0.533. The van der Waals surface area contributed by atoms with E-state index in [0.29, 0.717) is 0 Å². The van der Waals surface area contributed by atoms with Crippen LogP contribution >= 0.6 is 7.60 Å². The van der Waals surface area contributed by atoms with Gasteiger partial charge in [0.05, 0.1) is 13.3 Å². The van der Waals surface area contributed by atoms with Crippen LogP contribution in [-0.2, 0) is 32.4 Å². The van der Waals surface area contributed by atoms with Gasteiger partial charge in [-0.25, -0.2) is 0 Å². The predicted molar refractivity (Wildman–Crippen MR) is 104 cm³/mol. The van der Waals surface area contributed by atoms with E-state index < -0.39 is 33.7 Å². The highest BCUT2D eigenvalue weighted by atomic mass is 31.2. The number of methoxy groups -OCH3 is 1. The molecule has 7 nitrogen and oxygen atoms in total. The second-order valence-electron chi connectivity index (χ2n) is 7.93. The number of hydrogen-bond acceptors (Lipinski definition) is 7. The van der Waals surface area contributed by atoms with Crippen LogP contribution in [0.25, 0.3) is 0 Å². The summed E-state index contributed by atoms with van der Waals surface area (Å²) in [5.41, 5.74) is 0. The molecule has 0 radical (unpaired) electrons. The molecule has 154 valence electrons. The predicted octanol–water partition coefficient (Wildman–Crippen LogP) is 3.88. The number of ketones is 1. The minimum Gasteiger partial charge on any atom is -0.468 e. The van der Waals surface area contributed by atoms with Gasteiger partial charge in [0.25, 0.3) is 0 Å². The van der Waals surface area contributed by atoms with Gasteiger partial charge in [-0.05, 0) is 31.5 Å². The summed E-state index contributed by atoms with van der Waals surface area (Å²) < 4.78 is 33.3. The molecule has 0 aromatic heterocycles. The third-order valence-electron chi connectivity index (χ3n) is 5.16. The molecule has 0 spiro atoms. The lowest BCUT2D eigenvalue weighted by molar-refractivity contribution is -0.152. The lowest BCUT2D eigenvalue weighted by Crippen LogP contribution is -2.44. The van der Waals surface area contributed by atoms with Crippen molar-refractivity contribution in [3.63, 3.8) is 0 Å². The van der Waals surface area contributed by atoms with E-state index in [-0.39, 0.29) is 30.0 Å². The monoisotopic (exact) mass is 410 g/mol. The Morgan fingerprint density at radius 1 is 1.08 bits per heavy atom. The van der Waals surface area contributed by atoms with Gasteiger partial charge in [0.15, 0.2) is 8.32 Å². The number of rotatable bonds is 11. The Morgan fingerprint density at radius 2 is 1.58 bits per heavy atom. The molecule has 0 saturated carbocycles. The molecule has 0 aliphatic rings. The summed E-state index contributed by atoms with van der Waals surface area (Å²) in [7, 11) is -1.45. The number of Topliss-reactive ketones (excluding diaryl/α,β-unsaturated/α-hetero) is 1. The number of carbonyl (C=O) groups is 2. The van der Waals surface area contributed by atoms with Gasteiger partial charge in [0.2, 0.25) is 0 Å². The number of ether oxygens (including phenoxy) is 1. The van der Waals surface area contributed by atoms with Gasteiger partial charge in [-0.15, -0.1) is 0 Å². The van der Waals surface area contributed by atoms with E-state index in [1.165, 1.54) is 28.3 Å². The lowest BCUT2D eigenvalue weighted by atomic mass is 9.88. The summed E-state index contributed by atoms with van der Waals surface area (Å²) in [6.45, 7) is 12.1. The van der Waals surface area contributed by atoms with Crippen molar-refractivity contribution in [1.82, 2.24) is 0 Å². The zero-order valence-electron chi connectivity index (χ0n) is 17.6. The smallest absolute Gasteiger partial charge is 0.330 e. The summed E-state index contributed by atoms with van der Waals surface area (Å²) in [4.78, 5) is 24.3. The molecule has 9 heteroatoms. The highest BCUT2D eigenvalue weighted by molar-refractivity contribution is 7.53. The lowest BCUT2D eigenvalue weighted by Gasteiger charge is -2.38. The van der Waals surface area contributed by atoms with Crippen LogP contribution in [0.4, 0.5) is 0 Å². The number of esters is 1. The van der Waals surface area contributed by atoms with E-state index in [0.717, 1.165) is 0 Å². The van der Waals surface area contributed by atoms with Gasteiger partial charge < -0.3 is 18.2 Å². The first-order chi connectivity index (χ1) is 11.7. The molecule has 26 heavy (non-hydrogen) atoms. The Kier molecular flexibility index (Phi) is 9.92. The van der Waals surface area contributed by atoms with Gasteiger partial charge in [0.1, 0.15) is 11.7 Å². The summed E-state index contributed by atoms with van der Waals surface area (Å²) in [5.74, 6) is -2.34. The van der Waals surface area contributed by atoms with Gasteiger partial charge in [-0.3, -0.25) is 14.2 Å². The van der Waals surface area contributed by atoms with Crippen LogP contribution in [-0.4, -0.2) is 54.2 Å². The maximum Gasteiger partial charge on any atom is 0.330 e. The van der Waals surface area contributed by atoms with Crippen molar-refractivity contribution in [3.8, 4) is 0 Å². The second kappa shape index (κ2) is 10.1. The fourth-order valence-electron chi connectivity index (χ4n) is 2.28. The Labute approximate surface area is 158 Å². The molecular formula is C17H35O7PSi. The molecule has 0 aliphatic heterocycles. The standard InChI is InChI=1S/C17H35O7PSi/c1-13(18)15(16(19)21-5)14(10-11-25(20,22-6)23-7)12-24-26(8,9)17(2,3)4/h14-15H,10-12H2,1-9H3. The Morgan fingerprint density at radius 3 is 1.92 bits per heavy atom. The maximum atomic E-state index is 12.4. The van der Waals surface area contributed by atoms with Gasteiger partial charge in [0, 0.05) is 26.7 Å². The van der Waals surface area contributed by atoms with Crippen molar-refractivity contribution >= 4 is 27.7 Å². The maximum absolute atomic E-state index is 12.4. The SMILES string of the molecule is COC(=O)C(C(C)=O)C(CCP(=O)(OC)OC)CO[Si](C)(C)C(C)(C)C. The third-order valence-corrected chi connectivity index (χ3v) is 11.6. The molecule has 0 fully saturated rings. The first kappa shape index (κ1) is 25.5. The number of hydrogen-bond donors (Lipinski definition) is 0.